The van der Waals surface area contributed by atoms with Gasteiger partial charge < -0.3 is 15.4 Å². The number of carbonyl (C=O) groups is 2. The molecular weight excluding hydrogens is 354 g/mol. The van der Waals surface area contributed by atoms with Crippen molar-refractivity contribution in [3.8, 4) is 0 Å². The lowest BCUT2D eigenvalue weighted by molar-refractivity contribution is -0.134. The van der Waals surface area contributed by atoms with E-state index in [2.05, 4.69) is 45.9 Å². The third kappa shape index (κ3) is 5.53. The van der Waals surface area contributed by atoms with E-state index in [1.54, 1.807) is 0 Å². The van der Waals surface area contributed by atoms with Crippen LogP contribution in [0, 0.1) is 0 Å². The molecule has 1 unspecified atom stereocenters. The summed E-state index contributed by atoms with van der Waals surface area (Å²) in [5.74, 6) is -0.168. The van der Waals surface area contributed by atoms with Crippen LogP contribution in [-0.2, 0) is 20.9 Å². The number of fused-ring (bicyclic) bond motifs is 1. The van der Waals surface area contributed by atoms with Crippen LogP contribution in [0.1, 0.15) is 25.3 Å². The first-order valence-corrected chi connectivity index (χ1v) is 10.0. The molecule has 0 aromatic heterocycles. The lowest BCUT2D eigenvalue weighted by Gasteiger charge is -2.34. The van der Waals surface area contributed by atoms with Crippen LogP contribution in [0.15, 0.2) is 42.5 Å². The van der Waals surface area contributed by atoms with E-state index >= 15 is 0 Å². The fourth-order valence-electron chi connectivity index (χ4n) is 3.54. The smallest absolute Gasteiger partial charge is 0.237 e. The van der Waals surface area contributed by atoms with Crippen LogP contribution in [0.2, 0.25) is 0 Å². The van der Waals surface area contributed by atoms with E-state index in [0.717, 1.165) is 18.5 Å². The largest absolute Gasteiger partial charge is 0.382 e. The summed E-state index contributed by atoms with van der Waals surface area (Å²) in [4.78, 5) is 26.8. The van der Waals surface area contributed by atoms with Gasteiger partial charge in [0.1, 0.15) is 0 Å². The fraction of sp³-hybridized carbons (Fsp3) is 0.455. The number of nitrogens with zero attached hydrogens (tertiary/aromatic N) is 1. The zero-order valence-electron chi connectivity index (χ0n) is 16.4. The van der Waals surface area contributed by atoms with E-state index in [1.807, 2.05) is 19.1 Å². The second-order valence-electron chi connectivity index (χ2n) is 7.06. The summed E-state index contributed by atoms with van der Waals surface area (Å²) < 4.78 is 5.27. The Morgan fingerprint density at radius 3 is 2.89 bits per heavy atom. The third-order valence-corrected chi connectivity index (χ3v) is 5.01. The SMILES string of the molecule is CCOCCCNC(=O)CC1C(=O)NCCN1Cc1ccc2ccccc2c1. The Labute approximate surface area is 166 Å². The molecule has 1 fully saturated rings. The Kier molecular flexibility index (Phi) is 7.39. The van der Waals surface area contributed by atoms with Crippen molar-refractivity contribution in [2.45, 2.75) is 32.4 Å². The Bertz CT molecular complexity index is 808. The molecule has 2 amide bonds. The van der Waals surface area contributed by atoms with E-state index in [4.69, 9.17) is 4.74 Å². The molecule has 2 aromatic carbocycles. The molecule has 1 aliphatic rings. The highest BCUT2D eigenvalue weighted by Gasteiger charge is 2.31. The number of rotatable bonds is 9. The quantitative estimate of drug-likeness (QED) is 0.651. The zero-order valence-corrected chi connectivity index (χ0v) is 16.4. The van der Waals surface area contributed by atoms with E-state index in [-0.39, 0.29) is 18.2 Å². The molecule has 150 valence electrons. The van der Waals surface area contributed by atoms with Crippen molar-refractivity contribution in [2.75, 3.05) is 32.8 Å². The average Bonchev–Trinajstić information content (AvgIpc) is 2.70. The summed E-state index contributed by atoms with van der Waals surface area (Å²) in [7, 11) is 0. The fourth-order valence-corrected chi connectivity index (χ4v) is 3.54. The number of benzene rings is 2. The van der Waals surface area contributed by atoms with Gasteiger partial charge in [-0.3, -0.25) is 14.5 Å². The van der Waals surface area contributed by atoms with Crippen molar-refractivity contribution in [1.82, 2.24) is 15.5 Å². The summed E-state index contributed by atoms with van der Waals surface area (Å²) in [6, 6.07) is 14.2. The predicted octanol–water partition coefficient (Wildman–Crippen LogP) is 2.07. The monoisotopic (exact) mass is 383 g/mol. The van der Waals surface area contributed by atoms with Crippen LogP contribution in [-0.4, -0.2) is 55.6 Å². The maximum Gasteiger partial charge on any atom is 0.237 e. The lowest BCUT2D eigenvalue weighted by atomic mass is 10.0. The number of nitrogens with one attached hydrogen (secondary N) is 2. The van der Waals surface area contributed by atoms with Crippen molar-refractivity contribution in [3.63, 3.8) is 0 Å². The third-order valence-electron chi connectivity index (χ3n) is 5.01. The van der Waals surface area contributed by atoms with Crippen molar-refractivity contribution in [2.24, 2.45) is 0 Å². The maximum atomic E-state index is 12.4. The molecule has 0 radical (unpaired) electrons. The zero-order chi connectivity index (χ0) is 19.8. The summed E-state index contributed by atoms with van der Waals surface area (Å²) >= 11 is 0. The topological polar surface area (TPSA) is 70.7 Å². The van der Waals surface area contributed by atoms with Crippen LogP contribution in [0.25, 0.3) is 10.8 Å². The minimum Gasteiger partial charge on any atom is -0.382 e. The average molecular weight is 383 g/mol. The molecule has 2 aromatic rings. The molecule has 1 saturated heterocycles. The molecule has 1 heterocycles. The van der Waals surface area contributed by atoms with Gasteiger partial charge in [0.2, 0.25) is 11.8 Å². The highest BCUT2D eigenvalue weighted by molar-refractivity contribution is 5.89. The van der Waals surface area contributed by atoms with Gasteiger partial charge in [0.25, 0.3) is 0 Å². The van der Waals surface area contributed by atoms with E-state index in [0.29, 0.717) is 32.8 Å². The van der Waals surface area contributed by atoms with Gasteiger partial charge >= 0.3 is 0 Å². The van der Waals surface area contributed by atoms with Crippen molar-refractivity contribution >= 4 is 22.6 Å². The normalized spacial score (nSPS) is 17.5. The molecule has 0 aliphatic carbocycles. The van der Waals surface area contributed by atoms with Gasteiger partial charge in [-0.15, -0.1) is 0 Å². The van der Waals surface area contributed by atoms with Gasteiger partial charge in [0, 0.05) is 39.4 Å². The number of amides is 2. The number of hydrogen-bond donors (Lipinski definition) is 2. The van der Waals surface area contributed by atoms with Crippen LogP contribution in [0.5, 0.6) is 0 Å². The van der Waals surface area contributed by atoms with E-state index in [9.17, 15) is 9.59 Å². The van der Waals surface area contributed by atoms with Crippen LogP contribution in [0.3, 0.4) is 0 Å². The van der Waals surface area contributed by atoms with Gasteiger partial charge in [-0.25, -0.2) is 0 Å². The summed E-state index contributed by atoms with van der Waals surface area (Å²) in [5.41, 5.74) is 1.15. The molecule has 0 saturated carbocycles. The van der Waals surface area contributed by atoms with Crippen molar-refractivity contribution < 1.29 is 14.3 Å². The molecule has 0 bridgehead atoms. The van der Waals surface area contributed by atoms with Gasteiger partial charge in [-0.1, -0.05) is 36.4 Å². The highest BCUT2D eigenvalue weighted by Crippen LogP contribution is 2.19. The number of hydrogen-bond acceptors (Lipinski definition) is 4. The van der Waals surface area contributed by atoms with Gasteiger partial charge in [-0.05, 0) is 35.7 Å². The number of piperazine rings is 1. The minimum atomic E-state index is -0.438. The molecule has 3 rings (SSSR count). The Balaban J connectivity index is 1.59. The molecule has 6 heteroatoms. The first-order valence-electron chi connectivity index (χ1n) is 10.0. The molecule has 0 spiro atoms. The second-order valence-corrected chi connectivity index (χ2v) is 7.06. The number of ether oxygens (including phenoxy) is 1. The molecule has 6 nitrogen and oxygen atoms in total. The summed E-state index contributed by atoms with van der Waals surface area (Å²) in [6.45, 7) is 5.83. The van der Waals surface area contributed by atoms with Crippen LogP contribution < -0.4 is 10.6 Å². The first-order chi connectivity index (χ1) is 13.7. The minimum absolute atomic E-state index is 0.0727. The molecule has 1 aliphatic heterocycles. The molecular formula is C22H29N3O3. The van der Waals surface area contributed by atoms with E-state index in [1.165, 1.54) is 10.8 Å². The second kappa shape index (κ2) is 10.2. The number of carbonyl (C=O) groups excluding carboxylic acids is 2. The Morgan fingerprint density at radius 2 is 2.07 bits per heavy atom. The standard InChI is InChI=1S/C22H29N3O3/c1-2-28-13-5-10-23-21(26)15-20-22(27)24-11-12-25(20)16-17-8-9-18-6-3-4-7-19(18)14-17/h3-4,6-9,14,20H,2,5,10-13,15-16H2,1H3,(H,23,26)(H,24,27). The van der Waals surface area contributed by atoms with Crippen molar-refractivity contribution in [1.29, 1.82) is 0 Å². The molecule has 28 heavy (non-hydrogen) atoms. The van der Waals surface area contributed by atoms with Crippen LogP contribution in [0.4, 0.5) is 0 Å². The van der Waals surface area contributed by atoms with Gasteiger partial charge in [-0.2, -0.15) is 0 Å². The van der Waals surface area contributed by atoms with Crippen LogP contribution >= 0.6 is 0 Å². The highest BCUT2D eigenvalue weighted by atomic mass is 16.5. The van der Waals surface area contributed by atoms with E-state index < -0.39 is 6.04 Å². The summed E-state index contributed by atoms with van der Waals surface area (Å²) in [5, 5.41) is 8.16. The maximum absolute atomic E-state index is 12.4. The molecule has 2 N–H and O–H groups in total. The predicted molar refractivity (Wildman–Crippen MR) is 110 cm³/mol. The Morgan fingerprint density at radius 1 is 1.25 bits per heavy atom. The van der Waals surface area contributed by atoms with Gasteiger partial charge in [0.15, 0.2) is 0 Å². The first kappa shape index (κ1) is 20.3. The summed E-state index contributed by atoms with van der Waals surface area (Å²) in [6.07, 6.45) is 0.950. The Hall–Kier alpha value is -2.44. The lowest BCUT2D eigenvalue weighted by Crippen LogP contribution is -2.56. The van der Waals surface area contributed by atoms with Crippen molar-refractivity contribution in [3.05, 3.63) is 48.0 Å². The van der Waals surface area contributed by atoms with Gasteiger partial charge in [0.05, 0.1) is 12.5 Å². The molecule has 1 atom stereocenters.